The Hall–Kier alpha value is -2.01. The maximum absolute atomic E-state index is 13.7. The van der Waals surface area contributed by atoms with Crippen molar-refractivity contribution < 1.29 is 4.39 Å². The lowest BCUT2D eigenvalue weighted by atomic mass is 10.1. The van der Waals surface area contributed by atoms with Crippen molar-refractivity contribution in [1.29, 1.82) is 0 Å². The average Bonchev–Trinajstić information content (AvgIpc) is 2.41. The number of pyridine rings is 1. The Balaban J connectivity index is 1.95. The highest BCUT2D eigenvalue weighted by Crippen LogP contribution is 2.15. The lowest BCUT2D eigenvalue weighted by Crippen LogP contribution is -2.11. The van der Waals surface area contributed by atoms with E-state index in [9.17, 15) is 4.39 Å². The molecule has 0 spiro atoms. The molecule has 3 nitrogen and oxygen atoms in total. The number of nitrogens with zero attached hydrogens (tertiary/aromatic N) is 1. The Morgan fingerprint density at radius 1 is 1.26 bits per heavy atom. The minimum absolute atomic E-state index is 0.197. The monoisotopic (exact) mass is 275 g/mol. The number of anilines is 1. The van der Waals surface area contributed by atoms with Gasteiger partial charge in [0.25, 0.3) is 0 Å². The first-order chi connectivity index (χ1) is 9.16. The molecule has 0 saturated heterocycles. The van der Waals surface area contributed by atoms with Crippen LogP contribution in [0.25, 0.3) is 0 Å². The minimum atomic E-state index is -0.347. The Morgan fingerprint density at radius 3 is 2.63 bits per heavy atom. The molecule has 0 aliphatic heterocycles. The van der Waals surface area contributed by atoms with E-state index in [1.165, 1.54) is 6.07 Å². The highest BCUT2D eigenvalue weighted by Gasteiger charge is 2.04. The highest BCUT2D eigenvalue weighted by molar-refractivity contribution is 7.80. The lowest BCUT2D eigenvalue weighted by Gasteiger charge is -2.08. The van der Waals surface area contributed by atoms with E-state index in [0.29, 0.717) is 17.8 Å². The molecule has 98 valence electrons. The van der Waals surface area contributed by atoms with Crippen LogP contribution in [0.4, 0.5) is 10.1 Å². The second kappa shape index (κ2) is 6.24. The number of thiocarbonyl (C=S) groups is 1. The molecule has 0 bridgehead atoms. The molecule has 0 aliphatic rings. The zero-order valence-corrected chi connectivity index (χ0v) is 11.1. The van der Waals surface area contributed by atoms with Crippen LogP contribution in [0.1, 0.15) is 11.1 Å². The van der Waals surface area contributed by atoms with E-state index in [0.717, 1.165) is 12.0 Å². The van der Waals surface area contributed by atoms with Crippen LogP contribution < -0.4 is 11.1 Å². The van der Waals surface area contributed by atoms with Crippen molar-refractivity contribution in [3.63, 3.8) is 0 Å². The zero-order valence-electron chi connectivity index (χ0n) is 10.3. The van der Waals surface area contributed by atoms with Gasteiger partial charge in [-0.3, -0.25) is 4.98 Å². The average molecular weight is 275 g/mol. The van der Waals surface area contributed by atoms with E-state index in [4.69, 9.17) is 18.0 Å². The van der Waals surface area contributed by atoms with E-state index in [-0.39, 0.29) is 10.8 Å². The van der Waals surface area contributed by atoms with Gasteiger partial charge in [0, 0.05) is 24.5 Å². The molecule has 0 fully saturated rings. The summed E-state index contributed by atoms with van der Waals surface area (Å²) in [6, 6.07) is 8.58. The van der Waals surface area contributed by atoms with Crippen LogP contribution >= 0.6 is 12.2 Å². The molecule has 0 saturated carbocycles. The second-order valence-electron chi connectivity index (χ2n) is 4.09. The zero-order chi connectivity index (χ0) is 13.7. The van der Waals surface area contributed by atoms with Gasteiger partial charge in [0.05, 0.1) is 5.69 Å². The van der Waals surface area contributed by atoms with Crippen molar-refractivity contribution in [3.05, 3.63) is 59.7 Å². The number of halogens is 1. The van der Waals surface area contributed by atoms with E-state index in [2.05, 4.69) is 10.3 Å². The minimum Gasteiger partial charge on any atom is -0.389 e. The first-order valence-electron chi connectivity index (χ1n) is 5.89. The van der Waals surface area contributed by atoms with Crippen molar-refractivity contribution in [2.24, 2.45) is 5.73 Å². The topological polar surface area (TPSA) is 50.9 Å². The number of hydrogen-bond donors (Lipinski definition) is 2. The number of aromatic nitrogens is 1. The van der Waals surface area contributed by atoms with Gasteiger partial charge in [-0.05, 0) is 42.3 Å². The van der Waals surface area contributed by atoms with Gasteiger partial charge in [0.15, 0.2) is 0 Å². The van der Waals surface area contributed by atoms with Crippen LogP contribution in [-0.2, 0) is 6.42 Å². The lowest BCUT2D eigenvalue weighted by molar-refractivity contribution is 0.630. The van der Waals surface area contributed by atoms with Crippen LogP contribution in [0.15, 0.2) is 42.7 Å². The van der Waals surface area contributed by atoms with Gasteiger partial charge >= 0.3 is 0 Å². The van der Waals surface area contributed by atoms with Crippen LogP contribution in [0.3, 0.4) is 0 Å². The molecule has 3 N–H and O–H groups in total. The molecule has 0 radical (unpaired) electrons. The fraction of sp³-hybridized carbons (Fsp3) is 0.143. The number of rotatable bonds is 5. The maximum atomic E-state index is 13.7. The van der Waals surface area contributed by atoms with E-state index in [1.807, 2.05) is 12.1 Å². The van der Waals surface area contributed by atoms with E-state index in [1.54, 1.807) is 24.5 Å². The molecular weight excluding hydrogens is 261 g/mol. The third-order valence-electron chi connectivity index (χ3n) is 2.73. The van der Waals surface area contributed by atoms with Gasteiger partial charge in [0.2, 0.25) is 0 Å². The van der Waals surface area contributed by atoms with Gasteiger partial charge < -0.3 is 11.1 Å². The van der Waals surface area contributed by atoms with Crippen molar-refractivity contribution >= 4 is 22.9 Å². The molecule has 0 atom stereocenters. The maximum Gasteiger partial charge on any atom is 0.146 e. The summed E-state index contributed by atoms with van der Waals surface area (Å²) in [7, 11) is 0. The summed E-state index contributed by atoms with van der Waals surface area (Å²) in [4.78, 5) is 4.14. The Morgan fingerprint density at radius 2 is 2.00 bits per heavy atom. The third-order valence-corrected chi connectivity index (χ3v) is 2.97. The van der Waals surface area contributed by atoms with Crippen molar-refractivity contribution in [2.45, 2.75) is 6.42 Å². The van der Waals surface area contributed by atoms with Gasteiger partial charge in [-0.1, -0.05) is 12.2 Å². The van der Waals surface area contributed by atoms with E-state index < -0.39 is 0 Å². The summed E-state index contributed by atoms with van der Waals surface area (Å²) in [5.41, 5.74) is 7.59. The number of hydrogen-bond acceptors (Lipinski definition) is 3. The Kier molecular flexibility index (Phi) is 4.41. The molecule has 19 heavy (non-hydrogen) atoms. The first kappa shape index (κ1) is 13.4. The largest absolute Gasteiger partial charge is 0.389 e. The molecule has 1 heterocycles. The predicted octanol–water partition coefficient (Wildman–Crippen LogP) is 2.51. The summed E-state index contributed by atoms with van der Waals surface area (Å²) in [5.74, 6) is -0.347. The second-order valence-corrected chi connectivity index (χ2v) is 4.53. The van der Waals surface area contributed by atoms with Crippen molar-refractivity contribution in [2.75, 3.05) is 11.9 Å². The summed E-state index contributed by atoms with van der Waals surface area (Å²) in [5, 5.41) is 3.05. The molecule has 2 aromatic rings. The molecular formula is C14H14FN3S. The van der Waals surface area contributed by atoms with Gasteiger partial charge in [0.1, 0.15) is 10.8 Å². The molecule has 0 unspecified atom stereocenters. The number of nitrogens with one attached hydrogen (secondary N) is 1. The normalized spacial score (nSPS) is 10.2. The quantitative estimate of drug-likeness (QED) is 0.823. The van der Waals surface area contributed by atoms with Crippen LogP contribution in [0.2, 0.25) is 0 Å². The molecule has 0 aliphatic carbocycles. The summed E-state index contributed by atoms with van der Waals surface area (Å²) >= 11 is 4.80. The molecule has 5 heteroatoms. The van der Waals surface area contributed by atoms with Crippen molar-refractivity contribution in [3.8, 4) is 0 Å². The van der Waals surface area contributed by atoms with Gasteiger partial charge in [-0.25, -0.2) is 4.39 Å². The number of benzene rings is 1. The van der Waals surface area contributed by atoms with Crippen LogP contribution in [0, 0.1) is 5.82 Å². The summed E-state index contributed by atoms with van der Waals surface area (Å²) < 4.78 is 13.7. The fourth-order valence-electron chi connectivity index (χ4n) is 1.70. The molecule has 1 aromatic carbocycles. The summed E-state index contributed by atoms with van der Waals surface area (Å²) in [6.45, 7) is 0.646. The Bertz CT molecular complexity index is 572. The first-order valence-corrected chi connectivity index (χ1v) is 6.30. The Labute approximate surface area is 116 Å². The van der Waals surface area contributed by atoms with E-state index >= 15 is 0 Å². The van der Waals surface area contributed by atoms with Gasteiger partial charge in [-0.15, -0.1) is 0 Å². The smallest absolute Gasteiger partial charge is 0.146 e. The number of nitrogens with two attached hydrogens (primary N) is 1. The summed E-state index contributed by atoms with van der Waals surface area (Å²) in [6.07, 6.45) is 4.29. The third kappa shape index (κ3) is 3.72. The van der Waals surface area contributed by atoms with Crippen LogP contribution in [-0.4, -0.2) is 16.5 Å². The standard InChI is InChI=1S/C14H14FN3S/c15-12-9-11(14(16)19)1-2-13(12)18-8-5-10-3-6-17-7-4-10/h1-4,6-7,9,18H,5,8H2,(H2,16,19). The highest BCUT2D eigenvalue weighted by atomic mass is 32.1. The predicted molar refractivity (Wildman–Crippen MR) is 78.7 cm³/mol. The molecule has 2 rings (SSSR count). The molecule has 0 amide bonds. The van der Waals surface area contributed by atoms with Crippen LogP contribution in [0.5, 0.6) is 0 Å². The molecule has 1 aromatic heterocycles. The SMILES string of the molecule is NC(=S)c1ccc(NCCc2ccncc2)c(F)c1. The van der Waals surface area contributed by atoms with Crippen molar-refractivity contribution in [1.82, 2.24) is 4.98 Å². The fourth-order valence-corrected chi connectivity index (χ4v) is 1.83. The van der Waals surface area contributed by atoms with Gasteiger partial charge in [-0.2, -0.15) is 0 Å².